The van der Waals surface area contributed by atoms with Crippen LogP contribution in [0.15, 0.2) is 0 Å². The van der Waals surface area contributed by atoms with Crippen LogP contribution in [0.2, 0.25) is 0 Å². The normalized spacial score (nSPS) is 53.1. The van der Waals surface area contributed by atoms with E-state index in [9.17, 15) is 0 Å². The minimum atomic E-state index is 0.764. The van der Waals surface area contributed by atoms with Gasteiger partial charge in [-0.3, -0.25) is 0 Å². The van der Waals surface area contributed by atoms with Gasteiger partial charge in [0.25, 0.3) is 0 Å². The Kier molecular flexibility index (Phi) is 1.54. The van der Waals surface area contributed by atoms with Gasteiger partial charge in [-0.2, -0.15) is 0 Å². The molecule has 1 saturated carbocycles. The van der Waals surface area contributed by atoms with Crippen LogP contribution in [0.3, 0.4) is 0 Å². The van der Waals surface area contributed by atoms with Crippen molar-refractivity contribution in [2.75, 3.05) is 0 Å². The minimum Gasteiger partial charge on any atom is -0.241 e. The van der Waals surface area contributed by atoms with Crippen LogP contribution < -0.4 is 0 Å². The molecule has 0 N–H and O–H groups in total. The molecule has 0 aromatic carbocycles. The predicted molar refractivity (Wildman–Crippen MR) is 51.1 cm³/mol. The van der Waals surface area contributed by atoms with E-state index >= 15 is 0 Å². The highest BCUT2D eigenvalue weighted by atomic mass is 127. The maximum absolute atomic E-state index is 2.53. The van der Waals surface area contributed by atoms with Gasteiger partial charge in [0.2, 0.25) is 0 Å². The van der Waals surface area contributed by atoms with Crippen molar-refractivity contribution in [3.05, 3.63) is 0 Å². The van der Waals surface area contributed by atoms with E-state index < -0.39 is 0 Å². The lowest BCUT2D eigenvalue weighted by molar-refractivity contribution is 0.425. The number of piperidine rings is 1. The quantitative estimate of drug-likeness (QED) is 0.511. The Bertz CT molecular complexity index is 159. The molecule has 1 aliphatic carbocycles. The zero-order valence-electron chi connectivity index (χ0n) is 6.60. The van der Waals surface area contributed by atoms with Gasteiger partial charge < -0.3 is 0 Å². The Morgan fingerprint density at radius 1 is 1.60 bits per heavy atom. The molecule has 1 heterocycles. The zero-order chi connectivity index (χ0) is 7.35. The summed E-state index contributed by atoms with van der Waals surface area (Å²) in [7, 11) is 0. The number of hydrogen-bond donors (Lipinski definition) is 0. The van der Waals surface area contributed by atoms with Crippen molar-refractivity contribution in [3.8, 4) is 0 Å². The third kappa shape index (κ3) is 0.779. The van der Waals surface area contributed by atoms with Gasteiger partial charge in [-0.25, -0.2) is 3.11 Å². The molecule has 0 aromatic heterocycles. The second kappa shape index (κ2) is 2.09. The average Bonchev–Trinajstić information content (AvgIpc) is 2.57. The van der Waals surface area contributed by atoms with Crippen LogP contribution in [0.1, 0.15) is 33.1 Å². The molecular formula is C8H14IN. The van der Waals surface area contributed by atoms with Crippen LogP contribution in [0, 0.1) is 5.41 Å². The van der Waals surface area contributed by atoms with Crippen LogP contribution in [0.25, 0.3) is 0 Å². The molecule has 0 unspecified atom stereocenters. The number of halogens is 1. The molecule has 1 aliphatic heterocycles. The molecule has 0 aromatic rings. The lowest BCUT2D eigenvalue weighted by Crippen LogP contribution is -2.18. The first kappa shape index (κ1) is 7.35. The first-order valence-corrected chi connectivity index (χ1v) is 5.10. The molecular weight excluding hydrogens is 237 g/mol. The molecule has 2 fully saturated rings. The molecule has 2 heteroatoms. The first-order chi connectivity index (χ1) is 4.69. The van der Waals surface area contributed by atoms with Gasteiger partial charge in [0.1, 0.15) is 0 Å². The minimum absolute atomic E-state index is 0.764. The summed E-state index contributed by atoms with van der Waals surface area (Å²) in [5, 5.41) is 0. The lowest BCUT2D eigenvalue weighted by atomic mass is 9.98. The molecule has 10 heavy (non-hydrogen) atoms. The molecule has 0 amide bonds. The molecule has 3 atom stereocenters. The van der Waals surface area contributed by atoms with Crippen molar-refractivity contribution in [1.82, 2.24) is 3.11 Å². The molecule has 0 radical (unpaired) electrons. The largest absolute Gasteiger partial charge is 0.241 e. The Morgan fingerprint density at radius 3 is 2.60 bits per heavy atom. The topological polar surface area (TPSA) is 3.24 Å². The molecule has 0 spiro atoms. The second-order valence-corrected chi connectivity index (χ2v) is 4.95. The van der Waals surface area contributed by atoms with Gasteiger partial charge >= 0.3 is 0 Å². The predicted octanol–water partition coefficient (Wildman–Crippen LogP) is 2.60. The van der Waals surface area contributed by atoms with E-state index in [-0.39, 0.29) is 0 Å². The van der Waals surface area contributed by atoms with E-state index in [1.165, 1.54) is 19.3 Å². The third-order valence-corrected chi connectivity index (χ3v) is 4.89. The maximum atomic E-state index is 2.53. The van der Waals surface area contributed by atoms with Gasteiger partial charge in [-0.15, -0.1) is 0 Å². The zero-order valence-corrected chi connectivity index (χ0v) is 8.76. The standard InChI is InChI=1S/C8H14IN/c1-3-8-4-6(2)10(9)7(8)5-8/h6-7H,3-5H2,1-2H3/t6-,7-,8+/m1/s1. The molecule has 58 valence electrons. The summed E-state index contributed by atoms with van der Waals surface area (Å²) in [6.45, 7) is 4.68. The average molecular weight is 251 g/mol. The van der Waals surface area contributed by atoms with Crippen LogP contribution in [-0.2, 0) is 0 Å². The van der Waals surface area contributed by atoms with Crippen molar-refractivity contribution in [3.63, 3.8) is 0 Å². The Morgan fingerprint density at radius 2 is 2.30 bits per heavy atom. The Balaban J connectivity index is 2.11. The molecule has 1 saturated heterocycles. The highest BCUT2D eigenvalue weighted by molar-refractivity contribution is 14.1. The SMILES string of the molecule is CC[C@@]12C[C@@H](C)N(I)[C@@H]1C2. The number of nitrogens with zero attached hydrogens (tertiary/aromatic N) is 1. The fourth-order valence-electron chi connectivity index (χ4n) is 2.40. The number of rotatable bonds is 1. The summed E-state index contributed by atoms with van der Waals surface area (Å²) in [6.07, 6.45) is 4.30. The Hall–Kier alpha value is 0.690. The fourth-order valence-corrected chi connectivity index (χ4v) is 3.39. The summed E-state index contributed by atoms with van der Waals surface area (Å²) < 4.78 is 2.53. The monoisotopic (exact) mass is 251 g/mol. The van der Waals surface area contributed by atoms with E-state index in [4.69, 9.17) is 0 Å². The summed E-state index contributed by atoms with van der Waals surface area (Å²) in [5.41, 5.74) is 0.764. The molecule has 2 rings (SSSR count). The van der Waals surface area contributed by atoms with Gasteiger partial charge in [0, 0.05) is 34.9 Å². The van der Waals surface area contributed by atoms with Crippen LogP contribution >= 0.6 is 22.9 Å². The first-order valence-electron chi connectivity index (χ1n) is 4.14. The van der Waals surface area contributed by atoms with Crippen molar-refractivity contribution in [1.29, 1.82) is 0 Å². The summed E-state index contributed by atoms with van der Waals surface area (Å²) in [5.74, 6) is 0. The maximum Gasteiger partial charge on any atom is 0.0260 e. The molecule has 0 bridgehead atoms. The van der Waals surface area contributed by atoms with Crippen molar-refractivity contribution in [2.45, 2.75) is 45.2 Å². The van der Waals surface area contributed by atoms with Crippen LogP contribution in [0.4, 0.5) is 0 Å². The summed E-state index contributed by atoms with van der Waals surface area (Å²) >= 11 is 2.49. The van der Waals surface area contributed by atoms with E-state index in [2.05, 4.69) is 39.8 Å². The highest BCUT2D eigenvalue weighted by Gasteiger charge is 2.61. The number of fused-ring (bicyclic) bond motifs is 1. The van der Waals surface area contributed by atoms with Crippen molar-refractivity contribution < 1.29 is 0 Å². The van der Waals surface area contributed by atoms with E-state index in [0.29, 0.717) is 0 Å². The van der Waals surface area contributed by atoms with Crippen LogP contribution in [-0.4, -0.2) is 15.2 Å². The summed E-state index contributed by atoms with van der Waals surface area (Å²) in [4.78, 5) is 0. The van der Waals surface area contributed by atoms with Crippen molar-refractivity contribution in [2.24, 2.45) is 5.41 Å². The van der Waals surface area contributed by atoms with Gasteiger partial charge in [0.15, 0.2) is 0 Å². The van der Waals surface area contributed by atoms with Gasteiger partial charge in [-0.05, 0) is 31.6 Å². The molecule has 1 nitrogen and oxygen atoms in total. The summed E-state index contributed by atoms with van der Waals surface area (Å²) in [6, 6.07) is 1.77. The lowest BCUT2D eigenvalue weighted by Gasteiger charge is -2.14. The second-order valence-electron chi connectivity index (χ2n) is 3.83. The third-order valence-electron chi connectivity index (χ3n) is 3.27. The van der Waals surface area contributed by atoms with Crippen LogP contribution in [0.5, 0.6) is 0 Å². The smallest absolute Gasteiger partial charge is 0.0260 e. The molecule has 2 aliphatic rings. The Labute approximate surface area is 76.7 Å². The van der Waals surface area contributed by atoms with Crippen molar-refractivity contribution >= 4 is 22.9 Å². The van der Waals surface area contributed by atoms with E-state index in [1.807, 2.05) is 0 Å². The fraction of sp³-hybridized carbons (Fsp3) is 1.00. The highest BCUT2D eigenvalue weighted by Crippen LogP contribution is 2.62. The van der Waals surface area contributed by atoms with Gasteiger partial charge in [0.05, 0.1) is 0 Å². The van der Waals surface area contributed by atoms with Gasteiger partial charge in [-0.1, -0.05) is 6.92 Å². The van der Waals surface area contributed by atoms with E-state index in [0.717, 1.165) is 17.5 Å². The van der Waals surface area contributed by atoms with E-state index in [1.54, 1.807) is 0 Å². The number of hydrogen-bond acceptors (Lipinski definition) is 1.